The van der Waals surface area contributed by atoms with E-state index in [-0.39, 0.29) is 28.5 Å². The number of nitrogens with zero attached hydrogens (tertiary/aromatic N) is 3. The van der Waals surface area contributed by atoms with Crippen LogP contribution in [0.2, 0.25) is 0 Å². The lowest BCUT2D eigenvalue weighted by Gasteiger charge is -2.08. The Hall–Kier alpha value is -3.27. The van der Waals surface area contributed by atoms with Gasteiger partial charge in [-0.15, -0.1) is 0 Å². The maximum Gasteiger partial charge on any atom is 0.413 e. The van der Waals surface area contributed by atoms with Crippen LogP contribution in [0.1, 0.15) is 5.56 Å². The van der Waals surface area contributed by atoms with Gasteiger partial charge >= 0.3 is 6.09 Å². The zero-order chi connectivity index (χ0) is 18.7. The van der Waals surface area contributed by atoms with Gasteiger partial charge < -0.3 is 4.74 Å². The molecule has 0 radical (unpaired) electrons. The Morgan fingerprint density at radius 2 is 2.00 bits per heavy atom. The van der Waals surface area contributed by atoms with Crippen LogP contribution >= 0.6 is 0 Å². The molecular formula is C16H14N4O5S. The number of ether oxygens (including phenoxy) is 1. The number of anilines is 1. The van der Waals surface area contributed by atoms with Crippen molar-refractivity contribution < 1.29 is 22.7 Å². The molecule has 9 nitrogen and oxygen atoms in total. The van der Waals surface area contributed by atoms with E-state index in [1.807, 2.05) is 6.92 Å². The van der Waals surface area contributed by atoms with Crippen LogP contribution in [0.25, 0.3) is 11.2 Å². The number of hydrogen-bond donors (Lipinski definition) is 1. The van der Waals surface area contributed by atoms with Gasteiger partial charge in [0.2, 0.25) is 0 Å². The molecule has 0 fully saturated rings. The van der Waals surface area contributed by atoms with Gasteiger partial charge in [0.05, 0.1) is 11.1 Å². The molecule has 0 bridgehead atoms. The molecule has 0 spiro atoms. The van der Waals surface area contributed by atoms with Gasteiger partial charge in [0.1, 0.15) is 12.1 Å². The Morgan fingerprint density at radius 3 is 2.69 bits per heavy atom. The van der Waals surface area contributed by atoms with Crippen LogP contribution in [0.15, 0.2) is 47.6 Å². The van der Waals surface area contributed by atoms with E-state index in [2.05, 4.69) is 20.0 Å². The number of aldehydes is 1. The number of fused-ring (bicyclic) bond motifs is 1. The van der Waals surface area contributed by atoms with Crippen molar-refractivity contribution >= 4 is 39.4 Å². The van der Waals surface area contributed by atoms with E-state index in [0.29, 0.717) is 6.29 Å². The quantitative estimate of drug-likeness (QED) is 0.675. The molecular weight excluding hydrogens is 360 g/mol. The van der Waals surface area contributed by atoms with E-state index in [4.69, 9.17) is 0 Å². The van der Waals surface area contributed by atoms with Crippen molar-refractivity contribution in [2.75, 3.05) is 11.9 Å². The summed E-state index contributed by atoms with van der Waals surface area (Å²) in [6, 6.07) is 7.91. The number of aromatic nitrogens is 3. The zero-order valence-corrected chi connectivity index (χ0v) is 14.4. The second-order valence-electron chi connectivity index (χ2n) is 5.28. The summed E-state index contributed by atoms with van der Waals surface area (Å²) in [7, 11) is -3.82. The Morgan fingerprint density at radius 1 is 1.27 bits per heavy atom. The molecule has 0 aliphatic heterocycles. The smallest absolute Gasteiger partial charge is 0.413 e. The topological polar surface area (TPSA) is 120 Å². The molecule has 1 N–H and O–H groups in total. The highest BCUT2D eigenvalue weighted by Gasteiger charge is 2.20. The largest absolute Gasteiger partial charge is 0.442 e. The summed E-state index contributed by atoms with van der Waals surface area (Å²) in [6.07, 6.45) is 2.11. The predicted octanol–water partition coefficient (Wildman–Crippen LogP) is 1.72. The third-order valence-electron chi connectivity index (χ3n) is 3.45. The zero-order valence-electron chi connectivity index (χ0n) is 13.6. The first-order chi connectivity index (χ1) is 12.4. The molecule has 10 heteroatoms. The monoisotopic (exact) mass is 374 g/mol. The van der Waals surface area contributed by atoms with E-state index in [0.717, 1.165) is 9.54 Å². The Kier molecular flexibility index (Phi) is 4.67. The standard InChI is InChI=1S/C16H14N4O5S/c1-11-2-4-12(5-3-11)26(23,24)20-7-6-13-15(20)17-10-14(18-13)19-16(22)25-9-8-21/h2-8,10H,9H2,1H3,(H,18,19,22). The summed E-state index contributed by atoms with van der Waals surface area (Å²) < 4.78 is 31.1. The summed E-state index contributed by atoms with van der Waals surface area (Å²) in [4.78, 5) is 29.9. The summed E-state index contributed by atoms with van der Waals surface area (Å²) in [5.41, 5.74) is 1.34. The molecule has 0 atom stereocenters. The molecule has 0 saturated heterocycles. The van der Waals surface area contributed by atoms with Crippen molar-refractivity contribution in [3.63, 3.8) is 0 Å². The molecule has 1 aromatic carbocycles. The van der Waals surface area contributed by atoms with Gasteiger partial charge in [-0.25, -0.2) is 27.2 Å². The third-order valence-corrected chi connectivity index (χ3v) is 5.13. The second-order valence-corrected chi connectivity index (χ2v) is 7.10. The predicted molar refractivity (Wildman–Crippen MR) is 92.3 cm³/mol. The molecule has 0 aliphatic carbocycles. The molecule has 134 valence electrons. The minimum absolute atomic E-state index is 0.0684. The number of carbonyl (C=O) groups is 2. The number of carbonyl (C=O) groups excluding carboxylic acids is 2. The van der Waals surface area contributed by atoms with Gasteiger partial charge in [0, 0.05) is 6.20 Å². The number of amides is 1. The van der Waals surface area contributed by atoms with Crippen molar-refractivity contribution in [1.29, 1.82) is 0 Å². The first kappa shape index (κ1) is 17.5. The van der Waals surface area contributed by atoms with Crippen molar-refractivity contribution in [2.24, 2.45) is 0 Å². The lowest BCUT2D eigenvalue weighted by molar-refractivity contribution is -0.110. The maximum atomic E-state index is 12.8. The van der Waals surface area contributed by atoms with Crippen molar-refractivity contribution in [2.45, 2.75) is 11.8 Å². The van der Waals surface area contributed by atoms with Crippen LogP contribution in [-0.4, -0.2) is 41.3 Å². The normalized spacial score (nSPS) is 11.3. The van der Waals surface area contributed by atoms with Gasteiger partial charge in [0.25, 0.3) is 10.0 Å². The summed E-state index contributed by atoms with van der Waals surface area (Å²) in [5, 5.41) is 2.30. The van der Waals surface area contributed by atoms with E-state index in [1.54, 1.807) is 12.1 Å². The van der Waals surface area contributed by atoms with Gasteiger partial charge in [-0.05, 0) is 25.1 Å². The van der Waals surface area contributed by atoms with Gasteiger partial charge in [-0.1, -0.05) is 17.7 Å². The molecule has 0 unspecified atom stereocenters. The van der Waals surface area contributed by atoms with E-state index < -0.39 is 16.1 Å². The molecule has 26 heavy (non-hydrogen) atoms. The molecule has 2 aromatic heterocycles. The van der Waals surface area contributed by atoms with Crippen LogP contribution in [0, 0.1) is 6.92 Å². The lowest BCUT2D eigenvalue weighted by atomic mass is 10.2. The minimum Gasteiger partial charge on any atom is -0.442 e. The van der Waals surface area contributed by atoms with Crippen LogP contribution in [0.3, 0.4) is 0 Å². The van der Waals surface area contributed by atoms with Crippen molar-refractivity contribution in [3.8, 4) is 0 Å². The number of nitrogens with one attached hydrogen (secondary N) is 1. The fourth-order valence-electron chi connectivity index (χ4n) is 2.22. The Labute approximate surface area is 148 Å². The highest BCUT2D eigenvalue weighted by atomic mass is 32.2. The van der Waals surface area contributed by atoms with E-state index in [9.17, 15) is 18.0 Å². The van der Waals surface area contributed by atoms with Crippen LogP contribution in [0.5, 0.6) is 0 Å². The highest BCUT2D eigenvalue weighted by Crippen LogP contribution is 2.21. The first-order valence-corrected chi connectivity index (χ1v) is 8.89. The Balaban J connectivity index is 1.93. The summed E-state index contributed by atoms with van der Waals surface area (Å²) >= 11 is 0. The molecule has 0 saturated carbocycles. The van der Waals surface area contributed by atoms with Crippen LogP contribution in [-0.2, 0) is 19.6 Å². The van der Waals surface area contributed by atoms with E-state index >= 15 is 0 Å². The SMILES string of the molecule is Cc1ccc(S(=O)(=O)n2ccc3nc(NC(=O)OCC=O)cnc32)cc1. The molecule has 2 heterocycles. The Bertz CT molecular complexity index is 1070. The molecule has 3 aromatic rings. The number of hydrogen-bond acceptors (Lipinski definition) is 7. The van der Waals surface area contributed by atoms with Crippen LogP contribution in [0.4, 0.5) is 10.6 Å². The number of rotatable bonds is 5. The van der Waals surface area contributed by atoms with Crippen molar-refractivity contribution in [3.05, 3.63) is 48.3 Å². The van der Waals surface area contributed by atoms with Crippen molar-refractivity contribution in [1.82, 2.24) is 13.9 Å². The summed E-state index contributed by atoms with van der Waals surface area (Å²) in [5.74, 6) is 0.0684. The lowest BCUT2D eigenvalue weighted by Crippen LogP contribution is -2.16. The first-order valence-electron chi connectivity index (χ1n) is 7.45. The average Bonchev–Trinajstić information content (AvgIpc) is 3.04. The summed E-state index contributed by atoms with van der Waals surface area (Å²) in [6.45, 7) is 1.48. The number of aryl methyl sites for hydroxylation is 1. The average molecular weight is 374 g/mol. The molecule has 1 amide bonds. The third kappa shape index (κ3) is 3.40. The fraction of sp³-hybridized carbons (Fsp3) is 0.125. The minimum atomic E-state index is -3.82. The van der Waals surface area contributed by atoms with Gasteiger partial charge in [-0.2, -0.15) is 0 Å². The van der Waals surface area contributed by atoms with E-state index in [1.165, 1.54) is 30.6 Å². The van der Waals surface area contributed by atoms with Gasteiger partial charge in [-0.3, -0.25) is 10.1 Å². The fourth-order valence-corrected chi connectivity index (χ4v) is 3.51. The second kappa shape index (κ2) is 6.92. The molecule has 3 rings (SSSR count). The van der Waals surface area contributed by atoms with Crippen LogP contribution < -0.4 is 5.32 Å². The number of benzene rings is 1. The maximum absolute atomic E-state index is 12.8. The highest BCUT2D eigenvalue weighted by molar-refractivity contribution is 7.90. The van der Waals surface area contributed by atoms with Gasteiger partial charge in [0.15, 0.2) is 17.8 Å². The molecule has 0 aliphatic rings.